The molecule has 9 heteroatoms. The second-order valence-corrected chi connectivity index (χ2v) is 8.31. The molecule has 0 spiro atoms. The first kappa shape index (κ1) is 20.2. The summed E-state index contributed by atoms with van der Waals surface area (Å²) in [5, 5.41) is 0.472. The van der Waals surface area contributed by atoms with Gasteiger partial charge in [-0.2, -0.15) is 0 Å². The van der Waals surface area contributed by atoms with Crippen molar-refractivity contribution in [2.24, 2.45) is 7.05 Å². The van der Waals surface area contributed by atoms with Crippen molar-refractivity contribution < 1.29 is 14.0 Å². The lowest BCUT2D eigenvalue weighted by molar-refractivity contribution is 0.0718. The third-order valence-corrected chi connectivity index (χ3v) is 6.57. The number of carbonyl (C=O) groups is 2. The molecule has 1 aromatic carbocycles. The third-order valence-electron chi connectivity index (χ3n) is 5.38. The Balaban J connectivity index is 1.55. The number of aromatic nitrogens is 2. The van der Waals surface area contributed by atoms with Crippen molar-refractivity contribution in [3.63, 3.8) is 0 Å². The number of thiophene rings is 1. The number of amides is 2. The number of carbonyl (C=O) groups excluding carboxylic acids is 2. The summed E-state index contributed by atoms with van der Waals surface area (Å²) in [5.41, 5.74) is 0.502. The van der Waals surface area contributed by atoms with E-state index < -0.39 is 5.82 Å². The van der Waals surface area contributed by atoms with Crippen LogP contribution in [0.4, 0.5) is 4.39 Å². The highest BCUT2D eigenvalue weighted by atomic mass is 32.1. The predicted molar refractivity (Wildman–Crippen MR) is 112 cm³/mol. The van der Waals surface area contributed by atoms with Gasteiger partial charge in [-0.25, -0.2) is 9.37 Å². The summed E-state index contributed by atoms with van der Waals surface area (Å²) in [6.07, 6.45) is 2.04. The van der Waals surface area contributed by atoms with E-state index in [0.29, 0.717) is 53.3 Å². The van der Waals surface area contributed by atoms with Crippen LogP contribution < -0.4 is 5.56 Å². The molecule has 3 aromatic rings. The Morgan fingerprint density at radius 1 is 1.07 bits per heavy atom. The van der Waals surface area contributed by atoms with Gasteiger partial charge in [0, 0.05) is 33.2 Å². The van der Waals surface area contributed by atoms with Crippen LogP contribution in [0.2, 0.25) is 0 Å². The fourth-order valence-electron chi connectivity index (χ4n) is 3.69. The van der Waals surface area contributed by atoms with E-state index in [1.807, 2.05) is 0 Å². The fourth-order valence-corrected chi connectivity index (χ4v) is 4.79. The van der Waals surface area contributed by atoms with E-state index in [2.05, 4.69) is 4.98 Å². The fraction of sp³-hybridized carbons (Fsp3) is 0.333. The molecule has 4 rings (SSSR count). The first-order chi connectivity index (χ1) is 14.4. The van der Waals surface area contributed by atoms with Crippen LogP contribution in [0.1, 0.15) is 32.0 Å². The standard InChI is InChI=1S/C21H21FN4O3S/c1-13-16-18(23-12-24(2)20(16)28)30-17(13)21(29)26-9-5-8-25(10-11-26)19(27)14-6-3-4-7-15(14)22/h3-4,6-7,12H,5,8-11H2,1-2H3. The highest BCUT2D eigenvalue weighted by Gasteiger charge is 2.27. The molecule has 0 bridgehead atoms. The Morgan fingerprint density at radius 2 is 1.73 bits per heavy atom. The summed E-state index contributed by atoms with van der Waals surface area (Å²) in [6.45, 7) is 3.37. The average Bonchev–Trinajstić information content (AvgIpc) is 2.91. The predicted octanol–water partition coefficient (Wildman–Crippen LogP) is 2.43. The topological polar surface area (TPSA) is 75.5 Å². The van der Waals surface area contributed by atoms with Gasteiger partial charge in [0.05, 0.1) is 22.2 Å². The molecule has 2 aromatic heterocycles. The Morgan fingerprint density at radius 3 is 2.43 bits per heavy atom. The molecule has 0 unspecified atom stereocenters. The number of hydrogen-bond donors (Lipinski definition) is 0. The van der Waals surface area contributed by atoms with Crippen LogP contribution in [0.5, 0.6) is 0 Å². The summed E-state index contributed by atoms with van der Waals surface area (Å²) in [4.78, 5) is 46.9. The van der Waals surface area contributed by atoms with Crippen LogP contribution >= 0.6 is 11.3 Å². The Labute approximate surface area is 176 Å². The summed E-state index contributed by atoms with van der Waals surface area (Å²) < 4.78 is 15.4. The number of fused-ring (bicyclic) bond motifs is 1. The molecule has 1 fully saturated rings. The number of hydrogen-bond acceptors (Lipinski definition) is 5. The van der Waals surface area contributed by atoms with Gasteiger partial charge >= 0.3 is 0 Å². The maximum atomic E-state index is 14.0. The van der Waals surface area contributed by atoms with Crippen molar-refractivity contribution in [2.45, 2.75) is 13.3 Å². The molecule has 3 heterocycles. The normalized spacial score (nSPS) is 14.8. The van der Waals surface area contributed by atoms with Crippen LogP contribution in [0.15, 0.2) is 35.4 Å². The van der Waals surface area contributed by atoms with E-state index in [4.69, 9.17) is 0 Å². The minimum Gasteiger partial charge on any atom is -0.337 e. The molecule has 30 heavy (non-hydrogen) atoms. The summed E-state index contributed by atoms with van der Waals surface area (Å²) in [6, 6.07) is 5.92. The van der Waals surface area contributed by atoms with Gasteiger partial charge in [0.1, 0.15) is 10.6 Å². The van der Waals surface area contributed by atoms with E-state index >= 15 is 0 Å². The molecule has 0 aliphatic carbocycles. The lowest BCUT2D eigenvalue weighted by Crippen LogP contribution is -2.37. The Kier molecular flexibility index (Phi) is 5.38. The number of halogens is 1. The Hall–Kier alpha value is -3.07. The zero-order chi connectivity index (χ0) is 21.4. The molecule has 0 saturated carbocycles. The summed E-state index contributed by atoms with van der Waals surface area (Å²) in [7, 11) is 1.63. The molecular formula is C21H21FN4O3S. The quantitative estimate of drug-likeness (QED) is 0.628. The molecule has 1 aliphatic rings. The van der Waals surface area contributed by atoms with Crippen molar-refractivity contribution in [1.29, 1.82) is 0 Å². The van der Waals surface area contributed by atoms with Crippen LogP contribution in [0.3, 0.4) is 0 Å². The number of nitrogens with zero attached hydrogens (tertiary/aromatic N) is 4. The van der Waals surface area contributed by atoms with Crippen molar-refractivity contribution in [2.75, 3.05) is 26.2 Å². The van der Waals surface area contributed by atoms with Crippen molar-refractivity contribution in [3.05, 3.63) is 62.8 Å². The van der Waals surface area contributed by atoms with Crippen molar-refractivity contribution >= 4 is 33.4 Å². The lowest BCUT2D eigenvalue weighted by atomic mass is 10.2. The smallest absolute Gasteiger partial charge is 0.264 e. The zero-order valence-corrected chi connectivity index (χ0v) is 17.5. The first-order valence-corrected chi connectivity index (χ1v) is 10.5. The molecule has 156 valence electrons. The average molecular weight is 428 g/mol. The highest BCUT2D eigenvalue weighted by molar-refractivity contribution is 7.20. The van der Waals surface area contributed by atoms with Gasteiger partial charge in [-0.15, -0.1) is 11.3 Å². The molecule has 7 nitrogen and oxygen atoms in total. The number of rotatable bonds is 2. The van der Waals surface area contributed by atoms with Gasteiger partial charge in [-0.05, 0) is 31.0 Å². The maximum absolute atomic E-state index is 14.0. The molecule has 2 amide bonds. The minimum absolute atomic E-state index is 0.0412. The Bertz CT molecular complexity index is 1200. The summed E-state index contributed by atoms with van der Waals surface area (Å²) >= 11 is 1.22. The highest BCUT2D eigenvalue weighted by Crippen LogP contribution is 2.28. The van der Waals surface area contributed by atoms with Gasteiger partial charge < -0.3 is 14.4 Å². The van der Waals surface area contributed by atoms with Gasteiger partial charge in [-0.3, -0.25) is 14.4 Å². The SMILES string of the molecule is Cc1c(C(=O)N2CCCN(C(=O)c3ccccc3F)CC2)sc2ncn(C)c(=O)c12. The zero-order valence-electron chi connectivity index (χ0n) is 16.7. The number of benzene rings is 1. The lowest BCUT2D eigenvalue weighted by Gasteiger charge is -2.22. The molecular weight excluding hydrogens is 407 g/mol. The molecule has 1 aliphatic heterocycles. The van der Waals surface area contributed by atoms with E-state index in [1.54, 1.807) is 35.9 Å². The van der Waals surface area contributed by atoms with Crippen LogP contribution in [-0.4, -0.2) is 57.3 Å². The largest absolute Gasteiger partial charge is 0.337 e. The maximum Gasteiger partial charge on any atom is 0.264 e. The van der Waals surface area contributed by atoms with E-state index in [0.717, 1.165) is 0 Å². The monoisotopic (exact) mass is 428 g/mol. The van der Waals surface area contributed by atoms with E-state index in [9.17, 15) is 18.8 Å². The van der Waals surface area contributed by atoms with Gasteiger partial charge in [0.25, 0.3) is 17.4 Å². The molecule has 1 saturated heterocycles. The van der Waals surface area contributed by atoms with Gasteiger partial charge in [0.15, 0.2) is 0 Å². The van der Waals surface area contributed by atoms with E-state index in [-0.39, 0.29) is 22.9 Å². The van der Waals surface area contributed by atoms with E-state index in [1.165, 1.54) is 34.4 Å². The molecule has 0 atom stereocenters. The molecule has 0 N–H and O–H groups in total. The van der Waals surface area contributed by atoms with Crippen LogP contribution in [0, 0.1) is 12.7 Å². The summed E-state index contributed by atoms with van der Waals surface area (Å²) in [5.74, 6) is -1.08. The van der Waals surface area contributed by atoms with Crippen molar-refractivity contribution in [3.8, 4) is 0 Å². The number of aryl methyl sites for hydroxylation is 2. The van der Waals surface area contributed by atoms with Crippen LogP contribution in [-0.2, 0) is 7.05 Å². The van der Waals surface area contributed by atoms with Gasteiger partial charge in [-0.1, -0.05) is 12.1 Å². The minimum atomic E-state index is -0.547. The molecule has 0 radical (unpaired) electrons. The third kappa shape index (κ3) is 3.49. The first-order valence-electron chi connectivity index (χ1n) is 9.66. The second-order valence-electron chi connectivity index (χ2n) is 7.31. The van der Waals surface area contributed by atoms with Crippen LogP contribution in [0.25, 0.3) is 10.2 Å². The second kappa shape index (κ2) is 7.98. The van der Waals surface area contributed by atoms with Gasteiger partial charge in [0.2, 0.25) is 0 Å². The van der Waals surface area contributed by atoms with Crippen molar-refractivity contribution in [1.82, 2.24) is 19.4 Å².